The van der Waals surface area contributed by atoms with E-state index in [0.29, 0.717) is 17.7 Å². The molecule has 4 rings (SSSR count). The molecular weight excluding hydrogens is 367 g/mol. The largest absolute Gasteiger partial charge is 0.430 e. The summed E-state index contributed by atoms with van der Waals surface area (Å²) in [5.74, 6) is 1.19. The van der Waals surface area contributed by atoms with Crippen LogP contribution in [-0.4, -0.2) is 6.16 Å². The lowest BCUT2D eigenvalue weighted by molar-refractivity contribution is 0.387. The number of hydrogen-bond acceptors (Lipinski definition) is 3. The third-order valence-corrected chi connectivity index (χ3v) is 6.57. The molecule has 0 bridgehead atoms. The van der Waals surface area contributed by atoms with Gasteiger partial charge in [0.15, 0.2) is 0 Å². The Morgan fingerprint density at radius 1 is 0.679 bits per heavy atom. The molecule has 0 unspecified atom stereocenters. The molecule has 0 amide bonds. The van der Waals surface area contributed by atoms with Crippen molar-refractivity contribution in [3.8, 4) is 11.5 Å². The van der Waals surface area contributed by atoms with Crippen molar-refractivity contribution in [1.82, 2.24) is 0 Å². The number of benzene rings is 4. The summed E-state index contributed by atoms with van der Waals surface area (Å²) < 4.78 is 26.0. The maximum absolute atomic E-state index is 13.8. The summed E-state index contributed by atoms with van der Waals surface area (Å²) >= 11 is 0. The van der Waals surface area contributed by atoms with E-state index in [0.717, 1.165) is 34.4 Å². The van der Waals surface area contributed by atoms with Crippen molar-refractivity contribution in [2.45, 2.75) is 19.8 Å². The Bertz CT molecular complexity index is 1060. The van der Waals surface area contributed by atoms with Gasteiger partial charge in [-0.1, -0.05) is 86.1 Å². The first-order chi connectivity index (χ1) is 13.7. The van der Waals surface area contributed by atoms with E-state index < -0.39 is 7.60 Å². The van der Waals surface area contributed by atoms with Crippen LogP contribution in [0, 0.1) is 0 Å². The van der Waals surface area contributed by atoms with E-state index in [9.17, 15) is 4.57 Å². The van der Waals surface area contributed by atoms with Gasteiger partial charge in [0.25, 0.3) is 0 Å². The van der Waals surface area contributed by atoms with Crippen molar-refractivity contribution in [2.75, 3.05) is 6.16 Å². The molecule has 4 heteroatoms. The van der Waals surface area contributed by atoms with Gasteiger partial charge < -0.3 is 9.05 Å². The van der Waals surface area contributed by atoms with Crippen molar-refractivity contribution in [2.24, 2.45) is 0 Å². The molecular formula is C24H23O3P. The SMILES string of the molecule is CCCCP(=O)(Oc1cccc2ccccc12)Oc1cccc2ccccc12. The molecule has 0 aliphatic carbocycles. The van der Waals surface area contributed by atoms with Crippen molar-refractivity contribution >= 4 is 29.1 Å². The molecule has 3 nitrogen and oxygen atoms in total. The second-order valence-corrected chi connectivity index (χ2v) is 8.86. The molecule has 0 radical (unpaired) electrons. The third-order valence-electron chi connectivity index (χ3n) is 4.76. The summed E-state index contributed by atoms with van der Waals surface area (Å²) in [7, 11) is -3.39. The summed E-state index contributed by atoms with van der Waals surface area (Å²) in [5, 5.41) is 3.96. The first-order valence-corrected chi connectivity index (χ1v) is 11.3. The highest BCUT2D eigenvalue weighted by Crippen LogP contribution is 2.51. The predicted molar refractivity (Wildman–Crippen MR) is 117 cm³/mol. The Labute approximate surface area is 165 Å². The fraction of sp³-hybridized carbons (Fsp3) is 0.167. The molecule has 4 aromatic carbocycles. The first-order valence-electron chi connectivity index (χ1n) is 9.62. The van der Waals surface area contributed by atoms with Crippen molar-refractivity contribution in [3.05, 3.63) is 84.9 Å². The van der Waals surface area contributed by atoms with Gasteiger partial charge in [0.2, 0.25) is 0 Å². The van der Waals surface area contributed by atoms with Gasteiger partial charge in [-0.15, -0.1) is 0 Å². The minimum absolute atomic E-state index is 0.371. The lowest BCUT2D eigenvalue weighted by atomic mass is 10.1. The summed E-state index contributed by atoms with van der Waals surface area (Å²) in [6.45, 7) is 2.07. The molecule has 4 aromatic rings. The summed E-state index contributed by atoms with van der Waals surface area (Å²) in [5.41, 5.74) is 0. The monoisotopic (exact) mass is 390 g/mol. The van der Waals surface area contributed by atoms with Crippen LogP contribution in [0.2, 0.25) is 0 Å². The van der Waals surface area contributed by atoms with Gasteiger partial charge in [-0.2, -0.15) is 0 Å². The van der Waals surface area contributed by atoms with Crippen LogP contribution in [0.25, 0.3) is 21.5 Å². The highest BCUT2D eigenvalue weighted by molar-refractivity contribution is 7.54. The summed E-state index contributed by atoms with van der Waals surface area (Å²) in [6, 6.07) is 27.4. The Hall–Kier alpha value is -2.77. The lowest BCUT2D eigenvalue weighted by Crippen LogP contribution is -2.06. The lowest BCUT2D eigenvalue weighted by Gasteiger charge is -2.21. The molecule has 0 aromatic heterocycles. The van der Waals surface area contributed by atoms with Gasteiger partial charge in [-0.25, -0.2) is 4.57 Å². The predicted octanol–water partition coefficient (Wildman–Crippen LogP) is 7.44. The van der Waals surface area contributed by atoms with Crippen LogP contribution in [0.15, 0.2) is 84.9 Å². The molecule has 0 saturated carbocycles. The van der Waals surface area contributed by atoms with Gasteiger partial charge in [0.1, 0.15) is 11.5 Å². The molecule has 142 valence electrons. The van der Waals surface area contributed by atoms with E-state index >= 15 is 0 Å². The van der Waals surface area contributed by atoms with Gasteiger partial charge in [0, 0.05) is 10.8 Å². The Kier molecular flexibility index (Phi) is 5.36. The van der Waals surface area contributed by atoms with Crippen molar-refractivity contribution in [3.63, 3.8) is 0 Å². The molecule has 0 spiro atoms. The summed E-state index contributed by atoms with van der Waals surface area (Å²) in [4.78, 5) is 0. The number of rotatable bonds is 7. The summed E-state index contributed by atoms with van der Waals surface area (Å²) in [6.07, 6.45) is 2.06. The molecule has 0 aliphatic rings. The zero-order valence-electron chi connectivity index (χ0n) is 15.9. The van der Waals surface area contributed by atoms with Crippen molar-refractivity contribution in [1.29, 1.82) is 0 Å². The second-order valence-electron chi connectivity index (χ2n) is 6.83. The molecule has 28 heavy (non-hydrogen) atoms. The van der Waals surface area contributed by atoms with E-state index in [-0.39, 0.29) is 0 Å². The average Bonchev–Trinajstić information content (AvgIpc) is 2.73. The highest BCUT2D eigenvalue weighted by atomic mass is 31.2. The molecule has 0 fully saturated rings. The maximum atomic E-state index is 13.8. The standard InChI is InChI=1S/C24H23O3P/c1-2-3-18-28(25,26-23-16-8-12-19-10-4-6-14-21(19)23)27-24-17-9-13-20-11-5-7-15-22(20)24/h4-17H,2-3,18H2,1H3. The van der Waals surface area contributed by atoms with Crippen molar-refractivity contribution < 1.29 is 13.6 Å². The smallest absolute Gasteiger partial charge is 0.415 e. The van der Waals surface area contributed by atoms with Crippen LogP contribution in [0.4, 0.5) is 0 Å². The number of unbranched alkanes of at least 4 members (excludes halogenated alkanes) is 1. The quantitative estimate of drug-likeness (QED) is 0.308. The third kappa shape index (κ3) is 3.90. The van der Waals surface area contributed by atoms with Gasteiger partial charge in [0.05, 0.1) is 6.16 Å². The fourth-order valence-electron chi connectivity index (χ4n) is 3.31. The fourth-order valence-corrected chi connectivity index (χ4v) is 5.15. The van der Waals surface area contributed by atoms with Gasteiger partial charge in [-0.05, 0) is 29.3 Å². The molecule has 0 atom stereocenters. The zero-order chi connectivity index (χ0) is 19.4. The Balaban J connectivity index is 1.73. The molecule has 0 aliphatic heterocycles. The Morgan fingerprint density at radius 2 is 1.14 bits per heavy atom. The molecule has 0 saturated heterocycles. The van der Waals surface area contributed by atoms with Gasteiger partial charge in [-0.3, -0.25) is 0 Å². The van der Waals surface area contributed by atoms with Crippen LogP contribution >= 0.6 is 7.60 Å². The average molecular weight is 390 g/mol. The molecule has 0 heterocycles. The normalized spacial score (nSPS) is 11.6. The topological polar surface area (TPSA) is 35.5 Å². The maximum Gasteiger partial charge on any atom is 0.430 e. The van der Waals surface area contributed by atoms with Crippen LogP contribution in [0.5, 0.6) is 11.5 Å². The zero-order valence-corrected chi connectivity index (χ0v) is 16.8. The van der Waals surface area contributed by atoms with Gasteiger partial charge >= 0.3 is 7.60 Å². The number of hydrogen-bond donors (Lipinski definition) is 0. The minimum Gasteiger partial charge on any atom is -0.415 e. The van der Waals surface area contributed by atoms with Crippen LogP contribution < -0.4 is 9.05 Å². The van der Waals surface area contributed by atoms with E-state index in [1.54, 1.807) is 0 Å². The van der Waals surface area contributed by atoms with Crippen LogP contribution in [0.1, 0.15) is 19.8 Å². The van der Waals surface area contributed by atoms with Crippen LogP contribution in [-0.2, 0) is 4.57 Å². The molecule has 0 N–H and O–H groups in total. The van der Waals surface area contributed by atoms with E-state index in [4.69, 9.17) is 9.05 Å². The van der Waals surface area contributed by atoms with E-state index in [1.165, 1.54) is 0 Å². The first kappa shape index (κ1) is 18.6. The highest BCUT2D eigenvalue weighted by Gasteiger charge is 2.29. The minimum atomic E-state index is -3.39. The van der Waals surface area contributed by atoms with E-state index in [1.807, 2.05) is 84.9 Å². The number of fused-ring (bicyclic) bond motifs is 2. The second kappa shape index (κ2) is 8.08. The Morgan fingerprint density at radius 3 is 1.64 bits per heavy atom. The van der Waals surface area contributed by atoms with E-state index in [2.05, 4.69) is 6.92 Å². The van der Waals surface area contributed by atoms with Crippen LogP contribution in [0.3, 0.4) is 0 Å².